The first-order valence-electron chi connectivity index (χ1n) is 10.6. The van der Waals surface area contributed by atoms with Crippen LogP contribution in [0, 0.1) is 11.7 Å². The number of piperidine rings is 1. The van der Waals surface area contributed by atoms with E-state index >= 15 is 0 Å². The van der Waals surface area contributed by atoms with Gasteiger partial charge in [0, 0.05) is 13.1 Å². The Hall–Kier alpha value is -3.47. The SMILES string of the molecule is O=C(NCc1ccccc1)[C@@H]1CC[C@@H](c2ccccc2)N(C(=O)c2ccccc2F)C1. The maximum Gasteiger partial charge on any atom is 0.257 e. The monoisotopic (exact) mass is 416 g/mol. The molecule has 158 valence electrons. The summed E-state index contributed by atoms with van der Waals surface area (Å²) in [5.41, 5.74) is 2.05. The summed E-state index contributed by atoms with van der Waals surface area (Å²) >= 11 is 0. The Kier molecular flexibility index (Phi) is 6.41. The van der Waals surface area contributed by atoms with Gasteiger partial charge >= 0.3 is 0 Å². The van der Waals surface area contributed by atoms with Crippen molar-refractivity contribution in [2.24, 2.45) is 5.92 Å². The van der Waals surface area contributed by atoms with Gasteiger partial charge in [0.1, 0.15) is 5.82 Å². The van der Waals surface area contributed by atoms with Gasteiger partial charge in [-0.05, 0) is 36.1 Å². The number of amides is 2. The first kappa shape index (κ1) is 20.8. The summed E-state index contributed by atoms with van der Waals surface area (Å²) in [6.07, 6.45) is 1.31. The molecule has 0 aromatic heterocycles. The maximum atomic E-state index is 14.4. The van der Waals surface area contributed by atoms with Crippen molar-refractivity contribution < 1.29 is 14.0 Å². The highest BCUT2D eigenvalue weighted by atomic mass is 19.1. The van der Waals surface area contributed by atoms with E-state index in [0.717, 1.165) is 11.1 Å². The van der Waals surface area contributed by atoms with E-state index in [1.807, 2.05) is 60.7 Å². The van der Waals surface area contributed by atoms with E-state index in [2.05, 4.69) is 5.32 Å². The molecular weight excluding hydrogens is 391 g/mol. The largest absolute Gasteiger partial charge is 0.352 e. The molecule has 5 heteroatoms. The molecule has 1 aliphatic heterocycles. The van der Waals surface area contributed by atoms with Gasteiger partial charge in [0.05, 0.1) is 17.5 Å². The molecule has 4 nitrogen and oxygen atoms in total. The average molecular weight is 416 g/mol. The molecule has 1 aliphatic rings. The minimum atomic E-state index is -0.546. The second-order valence-electron chi connectivity index (χ2n) is 7.84. The second kappa shape index (κ2) is 9.56. The van der Waals surface area contributed by atoms with E-state index in [1.54, 1.807) is 17.0 Å². The van der Waals surface area contributed by atoms with E-state index in [-0.39, 0.29) is 35.9 Å². The van der Waals surface area contributed by atoms with Gasteiger partial charge in [-0.2, -0.15) is 0 Å². The third-order valence-corrected chi connectivity index (χ3v) is 5.81. The van der Waals surface area contributed by atoms with Crippen LogP contribution >= 0.6 is 0 Å². The smallest absolute Gasteiger partial charge is 0.257 e. The number of hydrogen-bond acceptors (Lipinski definition) is 2. The van der Waals surface area contributed by atoms with Gasteiger partial charge in [-0.25, -0.2) is 4.39 Å². The second-order valence-corrected chi connectivity index (χ2v) is 7.84. The fourth-order valence-electron chi connectivity index (χ4n) is 4.15. The lowest BCUT2D eigenvalue weighted by Crippen LogP contribution is -2.47. The number of nitrogens with zero attached hydrogens (tertiary/aromatic N) is 1. The first-order valence-corrected chi connectivity index (χ1v) is 10.6. The molecule has 0 aliphatic carbocycles. The molecule has 3 aromatic rings. The van der Waals surface area contributed by atoms with Crippen LogP contribution in [0.1, 0.15) is 40.4 Å². The van der Waals surface area contributed by atoms with Crippen LogP contribution in [0.2, 0.25) is 0 Å². The highest BCUT2D eigenvalue weighted by molar-refractivity contribution is 5.95. The fourth-order valence-corrected chi connectivity index (χ4v) is 4.15. The molecule has 1 fully saturated rings. The van der Waals surface area contributed by atoms with Crippen molar-refractivity contribution in [3.8, 4) is 0 Å². The molecule has 2 atom stereocenters. The van der Waals surface area contributed by atoms with Crippen LogP contribution in [-0.4, -0.2) is 23.3 Å². The number of halogens is 1. The highest BCUT2D eigenvalue weighted by Gasteiger charge is 2.36. The lowest BCUT2D eigenvalue weighted by molar-refractivity contribution is -0.127. The van der Waals surface area contributed by atoms with Crippen LogP contribution in [0.4, 0.5) is 4.39 Å². The van der Waals surface area contributed by atoms with Crippen LogP contribution in [0.3, 0.4) is 0 Å². The number of nitrogens with one attached hydrogen (secondary N) is 1. The molecule has 0 radical (unpaired) electrons. The Morgan fingerprint density at radius 2 is 1.52 bits per heavy atom. The minimum absolute atomic E-state index is 0.0359. The molecule has 4 rings (SSSR count). The number of carbonyl (C=O) groups is 2. The topological polar surface area (TPSA) is 49.4 Å². The summed E-state index contributed by atoms with van der Waals surface area (Å²) in [4.78, 5) is 27.8. The predicted octanol–water partition coefficient (Wildman–Crippen LogP) is 4.74. The molecule has 1 saturated heterocycles. The van der Waals surface area contributed by atoms with Crippen molar-refractivity contribution in [3.05, 3.63) is 107 Å². The Morgan fingerprint density at radius 1 is 0.871 bits per heavy atom. The van der Waals surface area contributed by atoms with Crippen LogP contribution in [-0.2, 0) is 11.3 Å². The maximum absolute atomic E-state index is 14.4. The van der Waals surface area contributed by atoms with Crippen molar-refractivity contribution in [2.45, 2.75) is 25.4 Å². The molecule has 1 heterocycles. The summed E-state index contributed by atoms with van der Waals surface area (Å²) in [5.74, 6) is -1.34. The van der Waals surface area contributed by atoms with Crippen molar-refractivity contribution in [3.63, 3.8) is 0 Å². The lowest BCUT2D eigenvalue weighted by Gasteiger charge is -2.39. The van der Waals surface area contributed by atoms with Gasteiger partial charge in [0.25, 0.3) is 5.91 Å². The van der Waals surface area contributed by atoms with E-state index in [0.29, 0.717) is 19.4 Å². The van der Waals surface area contributed by atoms with Crippen molar-refractivity contribution in [1.82, 2.24) is 10.2 Å². The lowest BCUT2D eigenvalue weighted by atomic mass is 9.87. The van der Waals surface area contributed by atoms with Crippen molar-refractivity contribution in [2.75, 3.05) is 6.54 Å². The third-order valence-electron chi connectivity index (χ3n) is 5.81. The summed E-state index contributed by atoms with van der Waals surface area (Å²) in [6, 6.07) is 25.3. The number of hydrogen-bond donors (Lipinski definition) is 1. The summed E-state index contributed by atoms with van der Waals surface area (Å²) in [5, 5.41) is 2.98. The van der Waals surface area contributed by atoms with Gasteiger partial charge in [0.15, 0.2) is 0 Å². The molecule has 3 aromatic carbocycles. The zero-order chi connectivity index (χ0) is 21.6. The summed E-state index contributed by atoms with van der Waals surface area (Å²) in [7, 11) is 0. The van der Waals surface area contributed by atoms with E-state index in [9.17, 15) is 14.0 Å². The number of carbonyl (C=O) groups excluding carboxylic acids is 2. The Balaban J connectivity index is 1.54. The summed E-state index contributed by atoms with van der Waals surface area (Å²) < 4.78 is 14.4. The molecule has 1 N–H and O–H groups in total. The number of rotatable bonds is 5. The molecule has 31 heavy (non-hydrogen) atoms. The van der Waals surface area contributed by atoms with Crippen LogP contribution in [0.5, 0.6) is 0 Å². The molecule has 0 bridgehead atoms. The standard InChI is InChI=1S/C26H25FN2O2/c27-23-14-8-7-13-22(23)26(31)29-18-21(15-16-24(29)20-11-5-2-6-12-20)25(30)28-17-19-9-3-1-4-10-19/h1-14,21,24H,15-18H2,(H,28,30)/t21-,24+/m1/s1. The third kappa shape index (κ3) is 4.82. The van der Waals surface area contributed by atoms with E-state index in [1.165, 1.54) is 12.1 Å². The molecule has 0 saturated carbocycles. The Bertz CT molecular complexity index is 1040. The molecule has 0 unspecified atom stereocenters. The number of likely N-dealkylation sites (tertiary alicyclic amines) is 1. The molecular formula is C26H25FN2O2. The molecule has 0 spiro atoms. The van der Waals surface area contributed by atoms with Crippen LogP contribution < -0.4 is 5.32 Å². The van der Waals surface area contributed by atoms with Crippen LogP contribution in [0.25, 0.3) is 0 Å². The van der Waals surface area contributed by atoms with Crippen molar-refractivity contribution in [1.29, 1.82) is 0 Å². The Morgan fingerprint density at radius 3 is 2.23 bits per heavy atom. The predicted molar refractivity (Wildman–Crippen MR) is 118 cm³/mol. The quantitative estimate of drug-likeness (QED) is 0.653. The Labute approximate surface area is 181 Å². The van der Waals surface area contributed by atoms with Crippen molar-refractivity contribution >= 4 is 11.8 Å². The number of benzene rings is 3. The van der Waals surface area contributed by atoms with Gasteiger partial charge in [-0.15, -0.1) is 0 Å². The average Bonchev–Trinajstić information content (AvgIpc) is 2.83. The zero-order valence-corrected chi connectivity index (χ0v) is 17.2. The van der Waals surface area contributed by atoms with E-state index in [4.69, 9.17) is 0 Å². The van der Waals surface area contributed by atoms with Gasteiger partial charge in [0.2, 0.25) is 5.91 Å². The van der Waals surface area contributed by atoms with E-state index < -0.39 is 5.82 Å². The zero-order valence-electron chi connectivity index (χ0n) is 17.2. The summed E-state index contributed by atoms with van der Waals surface area (Å²) in [6.45, 7) is 0.701. The first-order chi connectivity index (χ1) is 15.1. The van der Waals surface area contributed by atoms with Gasteiger partial charge < -0.3 is 10.2 Å². The normalized spacial score (nSPS) is 18.4. The molecule has 2 amide bonds. The van der Waals surface area contributed by atoms with Gasteiger partial charge in [-0.3, -0.25) is 9.59 Å². The van der Waals surface area contributed by atoms with Crippen LogP contribution in [0.15, 0.2) is 84.9 Å². The van der Waals surface area contributed by atoms with Gasteiger partial charge in [-0.1, -0.05) is 72.8 Å². The highest BCUT2D eigenvalue weighted by Crippen LogP contribution is 2.35. The fraction of sp³-hybridized carbons (Fsp3) is 0.231. The minimum Gasteiger partial charge on any atom is -0.352 e.